The van der Waals surface area contributed by atoms with Crippen LogP contribution >= 0.6 is 0 Å². The van der Waals surface area contributed by atoms with Crippen LogP contribution in [0.25, 0.3) is 0 Å². The molecule has 0 aliphatic heterocycles. The summed E-state index contributed by atoms with van der Waals surface area (Å²) >= 11 is 0. The van der Waals surface area contributed by atoms with Crippen molar-refractivity contribution >= 4 is 0 Å². The smallest absolute Gasteiger partial charge is 0.330 e. The molecule has 2 rings (SSSR count). The lowest BCUT2D eigenvalue weighted by Crippen LogP contribution is -2.06. The zero-order valence-electron chi connectivity index (χ0n) is 10.7. The molecule has 0 aliphatic carbocycles. The molecule has 0 radical (unpaired) electrons. The number of halogens is 3. The van der Waals surface area contributed by atoms with Gasteiger partial charge in [0.1, 0.15) is 5.82 Å². The maximum Gasteiger partial charge on any atom is 0.416 e. The van der Waals surface area contributed by atoms with Gasteiger partial charge in [0.05, 0.1) is 5.56 Å². The third-order valence-corrected chi connectivity index (χ3v) is 2.81. The molecule has 3 nitrogen and oxygen atoms in total. The first-order valence-electron chi connectivity index (χ1n) is 6.15. The van der Waals surface area contributed by atoms with E-state index >= 15 is 0 Å². The molecule has 0 spiro atoms. The van der Waals surface area contributed by atoms with Crippen LogP contribution in [0.4, 0.5) is 13.2 Å². The molecular formula is C14H14F3N3. The van der Waals surface area contributed by atoms with Crippen molar-refractivity contribution in [3.63, 3.8) is 0 Å². The summed E-state index contributed by atoms with van der Waals surface area (Å²) in [5.74, 6) is 0.491. The Kier molecular flexibility index (Phi) is 4.34. The van der Waals surface area contributed by atoms with Crippen LogP contribution in [0.15, 0.2) is 36.7 Å². The van der Waals surface area contributed by atoms with Gasteiger partial charge in [0.15, 0.2) is 0 Å². The van der Waals surface area contributed by atoms with E-state index in [1.54, 1.807) is 18.5 Å². The Hall–Kier alpha value is -1.95. The first-order chi connectivity index (χ1) is 9.49. The lowest BCUT2D eigenvalue weighted by Gasteiger charge is -2.08. The second-order valence-electron chi connectivity index (χ2n) is 4.42. The fraction of sp³-hybridized carbons (Fsp3) is 0.286. The molecule has 6 heteroatoms. The van der Waals surface area contributed by atoms with Crippen LogP contribution in [0.1, 0.15) is 22.5 Å². The van der Waals surface area contributed by atoms with Crippen molar-refractivity contribution in [2.45, 2.75) is 19.0 Å². The summed E-state index contributed by atoms with van der Waals surface area (Å²) in [6.45, 7) is 0.510. The largest absolute Gasteiger partial charge is 0.416 e. The van der Waals surface area contributed by atoms with Gasteiger partial charge < -0.3 is 5.73 Å². The van der Waals surface area contributed by atoms with Crippen molar-refractivity contribution in [1.29, 1.82) is 0 Å². The topological polar surface area (TPSA) is 51.8 Å². The number of hydrogen-bond acceptors (Lipinski definition) is 3. The second kappa shape index (κ2) is 6.00. The number of nitrogens with zero attached hydrogens (tertiary/aromatic N) is 2. The van der Waals surface area contributed by atoms with Gasteiger partial charge in [0.2, 0.25) is 0 Å². The van der Waals surface area contributed by atoms with Crippen molar-refractivity contribution in [1.82, 2.24) is 9.97 Å². The van der Waals surface area contributed by atoms with E-state index < -0.39 is 11.7 Å². The highest BCUT2D eigenvalue weighted by molar-refractivity contribution is 5.27. The Bertz CT molecular complexity index is 565. The van der Waals surface area contributed by atoms with Crippen molar-refractivity contribution in [2.24, 2.45) is 5.73 Å². The molecule has 1 heterocycles. The first-order valence-corrected chi connectivity index (χ1v) is 6.15. The van der Waals surface area contributed by atoms with E-state index in [1.165, 1.54) is 6.07 Å². The quantitative estimate of drug-likeness (QED) is 0.937. The summed E-state index contributed by atoms with van der Waals surface area (Å²) in [4.78, 5) is 8.27. The Labute approximate surface area is 114 Å². The number of nitrogens with two attached hydrogens (primary N) is 1. The molecule has 0 bridgehead atoms. The lowest BCUT2D eigenvalue weighted by atomic mass is 10.1. The normalized spacial score (nSPS) is 11.6. The van der Waals surface area contributed by atoms with Gasteiger partial charge >= 0.3 is 6.18 Å². The number of hydrogen-bond donors (Lipinski definition) is 1. The highest BCUT2D eigenvalue weighted by Gasteiger charge is 2.30. The minimum Gasteiger partial charge on any atom is -0.330 e. The van der Waals surface area contributed by atoms with Gasteiger partial charge in [-0.1, -0.05) is 18.2 Å². The Balaban J connectivity index is 2.13. The van der Waals surface area contributed by atoms with Gasteiger partial charge in [-0.3, -0.25) is 0 Å². The third kappa shape index (κ3) is 3.77. The van der Waals surface area contributed by atoms with Gasteiger partial charge in [-0.05, 0) is 30.2 Å². The van der Waals surface area contributed by atoms with Crippen LogP contribution in [0.2, 0.25) is 0 Å². The van der Waals surface area contributed by atoms with Gasteiger partial charge in [0, 0.05) is 18.8 Å². The van der Waals surface area contributed by atoms with E-state index in [1.807, 2.05) is 0 Å². The Morgan fingerprint density at radius 1 is 1.05 bits per heavy atom. The van der Waals surface area contributed by atoms with Crippen molar-refractivity contribution in [3.05, 3.63) is 59.2 Å². The monoisotopic (exact) mass is 281 g/mol. The summed E-state index contributed by atoms with van der Waals surface area (Å²) in [5.41, 5.74) is 6.21. The predicted octanol–water partition coefficient (Wildman–Crippen LogP) is 2.59. The fourth-order valence-corrected chi connectivity index (χ4v) is 1.81. The van der Waals surface area contributed by atoms with Gasteiger partial charge in [-0.25, -0.2) is 9.97 Å². The summed E-state index contributed by atoms with van der Waals surface area (Å²) in [5, 5.41) is 0. The van der Waals surface area contributed by atoms with Gasteiger partial charge in [-0.15, -0.1) is 0 Å². The highest BCUT2D eigenvalue weighted by Crippen LogP contribution is 2.29. The predicted molar refractivity (Wildman–Crippen MR) is 69.0 cm³/mol. The summed E-state index contributed by atoms with van der Waals surface area (Å²) in [6.07, 6.45) is -0.0654. The molecule has 0 saturated heterocycles. The molecular weight excluding hydrogens is 267 g/mol. The van der Waals surface area contributed by atoms with Crippen LogP contribution in [-0.2, 0) is 19.0 Å². The molecule has 0 atom stereocenters. The molecule has 0 aliphatic rings. The third-order valence-electron chi connectivity index (χ3n) is 2.81. The van der Waals surface area contributed by atoms with Crippen molar-refractivity contribution in [3.8, 4) is 0 Å². The molecule has 1 aromatic carbocycles. The molecule has 2 aromatic rings. The molecule has 106 valence electrons. The van der Waals surface area contributed by atoms with Crippen LogP contribution in [0.5, 0.6) is 0 Å². The standard InChI is InChI=1S/C14H14F3N3/c15-14(16,17)12-3-1-2-10(6-12)7-13-19-8-11(4-5-18)9-20-13/h1-3,6,8-9H,4-5,7,18H2. The second-order valence-corrected chi connectivity index (χ2v) is 4.42. The Morgan fingerprint density at radius 3 is 2.35 bits per heavy atom. The minimum absolute atomic E-state index is 0.271. The maximum absolute atomic E-state index is 12.6. The van der Waals surface area contributed by atoms with E-state index in [9.17, 15) is 13.2 Å². The van der Waals surface area contributed by atoms with E-state index in [0.29, 0.717) is 24.4 Å². The van der Waals surface area contributed by atoms with Crippen LogP contribution in [-0.4, -0.2) is 16.5 Å². The zero-order valence-corrected chi connectivity index (χ0v) is 10.7. The van der Waals surface area contributed by atoms with Gasteiger partial charge in [-0.2, -0.15) is 13.2 Å². The molecule has 0 fully saturated rings. The SMILES string of the molecule is NCCc1cnc(Cc2cccc(C(F)(F)F)c2)nc1. The van der Waals surface area contributed by atoms with Crippen LogP contribution in [0, 0.1) is 0 Å². The van der Waals surface area contributed by atoms with Gasteiger partial charge in [0.25, 0.3) is 0 Å². The summed E-state index contributed by atoms with van der Waals surface area (Å²) < 4.78 is 37.8. The van der Waals surface area contributed by atoms with E-state index in [4.69, 9.17) is 5.73 Å². The molecule has 1 aromatic heterocycles. The summed E-state index contributed by atoms with van der Waals surface area (Å²) in [6, 6.07) is 5.19. The van der Waals surface area contributed by atoms with E-state index in [2.05, 4.69) is 9.97 Å². The maximum atomic E-state index is 12.6. The molecule has 0 amide bonds. The molecule has 2 N–H and O–H groups in total. The zero-order chi connectivity index (χ0) is 14.6. The summed E-state index contributed by atoms with van der Waals surface area (Å²) in [7, 11) is 0. The fourth-order valence-electron chi connectivity index (χ4n) is 1.81. The number of benzene rings is 1. The molecule has 20 heavy (non-hydrogen) atoms. The van der Waals surface area contributed by atoms with Crippen LogP contribution in [0.3, 0.4) is 0 Å². The number of alkyl halides is 3. The first kappa shape index (κ1) is 14.5. The number of aromatic nitrogens is 2. The Morgan fingerprint density at radius 2 is 1.75 bits per heavy atom. The van der Waals surface area contributed by atoms with Crippen molar-refractivity contribution < 1.29 is 13.2 Å². The molecule has 0 unspecified atom stereocenters. The average Bonchev–Trinajstić information content (AvgIpc) is 2.41. The highest BCUT2D eigenvalue weighted by atomic mass is 19.4. The van der Waals surface area contributed by atoms with E-state index in [0.717, 1.165) is 17.7 Å². The van der Waals surface area contributed by atoms with Crippen molar-refractivity contribution in [2.75, 3.05) is 6.54 Å². The lowest BCUT2D eigenvalue weighted by molar-refractivity contribution is -0.137. The average molecular weight is 281 g/mol. The molecule has 0 saturated carbocycles. The van der Waals surface area contributed by atoms with E-state index in [-0.39, 0.29) is 6.42 Å². The number of rotatable bonds is 4. The minimum atomic E-state index is -4.33. The van der Waals surface area contributed by atoms with Crippen LogP contribution < -0.4 is 5.73 Å².